The van der Waals surface area contributed by atoms with E-state index < -0.39 is 0 Å². The lowest BCUT2D eigenvalue weighted by atomic mass is 9.95. The first-order valence-corrected chi connectivity index (χ1v) is 9.51. The van der Waals surface area contributed by atoms with E-state index in [-0.39, 0.29) is 5.91 Å². The Balaban J connectivity index is 1.42. The molecule has 1 amide bonds. The van der Waals surface area contributed by atoms with Crippen molar-refractivity contribution >= 4 is 16.8 Å². The first kappa shape index (κ1) is 17.7. The molecule has 1 aliphatic heterocycles. The van der Waals surface area contributed by atoms with Crippen LogP contribution in [0.3, 0.4) is 0 Å². The molecule has 0 bridgehead atoms. The van der Waals surface area contributed by atoms with Gasteiger partial charge in [0.25, 0.3) is 5.91 Å². The number of carbonyl (C=O) groups excluding carboxylic acids is 1. The van der Waals surface area contributed by atoms with Gasteiger partial charge < -0.3 is 14.4 Å². The van der Waals surface area contributed by atoms with Crippen molar-refractivity contribution in [3.05, 3.63) is 48.2 Å². The van der Waals surface area contributed by atoms with Crippen molar-refractivity contribution < 1.29 is 4.79 Å². The number of hydrogen-bond donors (Lipinski definition) is 1. The number of carbonyl (C=O) groups is 1. The Morgan fingerprint density at radius 1 is 1.26 bits per heavy atom. The van der Waals surface area contributed by atoms with Gasteiger partial charge in [0.15, 0.2) is 5.69 Å². The highest BCUT2D eigenvalue weighted by atomic mass is 16.2. The molecule has 1 fully saturated rings. The first-order valence-electron chi connectivity index (χ1n) is 9.51. The van der Waals surface area contributed by atoms with E-state index in [9.17, 15) is 4.79 Å². The summed E-state index contributed by atoms with van der Waals surface area (Å²) in [7, 11) is 4.17. The average molecular weight is 366 g/mol. The van der Waals surface area contributed by atoms with Gasteiger partial charge in [0.2, 0.25) is 0 Å². The van der Waals surface area contributed by atoms with Gasteiger partial charge in [0.05, 0.1) is 5.52 Å². The van der Waals surface area contributed by atoms with Crippen molar-refractivity contribution in [1.82, 2.24) is 29.5 Å². The molecule has 0 saturated carbocycles. The second kappa shape index (κ2) is 7.52. The Bertz CT molecular complexity index is 919. The van der Waals surface area contributed by atoms with Gasteiger partial charge in [-0.15, -0.1) is 0 Å². The van der Waals surface area contributed by atoms with E-state index in [1.165, 1.54) is 0 Å². The molecule has 0 atom stereocenters. The molecule has 1 aliphatic rings. The molecule has 142 valence electrons. The fourth-order valence-corrected chi connectivity index (χ4v) is 3.79. The predicted octanol–water partition coefficient (Wildman–Crippen LogP) is 2.34. The molecule has 7 heteroatoms. The largest absolute Gasteiger partial charge is 0.337 e. The lowest BCUT2D eigenvalue weighted by molar-refractivity contribution is 0.0706. The van der Waals surface area contributed by atoms with Crippen LogP contribution in [0.5, 0.6) is 0 Å². The van der Waals surface area contributed by atoms with Crippen LogP contribution in [0.1, 0.15) is 35.1 Å². The third-order valence-electron chi connectivity index (χ3n) is 5.36. The quantitative estimate of drug-likeness (QED) is 0.752. The van der Waals surface area contributed by atoms with Gasteiger partial charge in [-0.25, -0.2) is 4.98 Å². The maximum absolute atomic E-state index is 12.9. The second-order valence-corrected chi connectivity index (χ2v) is 7.47. The summed E-state index contributed by atoms with van der Waals surface area (Å²) in [6.07, 6.45) is 5.82. The van der Waals surface area contributed by atoms with Crippen LogP contribution >= 0.6 is 0 Å². The van der Waals surface area contributed by atoms with Crippen molar-refractivity contribution in [2.75, 3.05) is 33.7 Å². The van der Waals surface area contributed by atoms with Crippen LogP contribution in [-0.4, -0.2) is 69.2 Å². The summed E-state index contributed by atoms with van der Waals surface area (Å²) in [5.74, 6) is 1.57. The molecule has 2 aromatic heterocycles. The molecule has 4 rings (SSSR count). The van der Waals surface area contributed by atoms with E-state index in [0.29, 0.717) is 11.6 Å². The highest BCUT2D eigenvalue weighted by Crippen LogP contribution is 2.28. The fraction of sp³-hybridized carbons (Fsp3) is 0.450. The maximum atomic E-state index is 12.9. The molecule has 27 heavy (non-hydrogen) atoms. The number of likely N-dealkylation sites (N-methyl/N-ethyl adjacent to an activating group) is 1. The molecule has 3 aromatic rings. The average Bonchev–Trinajstić information content (AvgIpc) is 3.33. The minimum absolute atomic E-state index is 0.0156. The van der Waals surface area contributed by atoms with Gasteiger partial charge in [-0.1, -0.05) is 18.2 Å². The van der Waals surface area contributed by atoms with Crippen LogP contribution in [0.4, 0.5) is 0 Å². The Morgan fingerprint density at radius 2 is 2.04 bits per heavy atom. The molecule has 1 aromatic carbocycles. The molecule has 0 unspecified atom stereocenters. The van der Waals surface area contributed by atoms with E-state index in [2.05, 4.69) is 44.9 Å². The Hall–Kier alpha value is -2.67. The number of benzene rings is 1. The summed E-state index contributed by atoms with van der Waals surface area (Å²) in [4.78, 5) is 21.6. The standard InChI is InChI=1S/C20H26N6O/c1-24(2)13-14-25-12-9-21-19(25)15-7-10-26(11-8-15)20(27)18-16-5-3-4-6-17(16)22-23-18/h3-6,9,12,15H,7-8,10-11,13-14H2,1-2H3,(H,22,23). The molecular formula is C20H26N6O. The summed E-state index contributed by atoms with van der Waals surface area (Å²) in [6, 6.07) is 7.77. The lowest BCUT2D eigenvalue weighted by Gasteiger charge is -2.31. The Labute approximate surface area is 159 Å². The van der Waals surface area contributed by atoms with Crippen molar-refractivity contribution in [3.8, 4) is 0 Å². The summed E-state index contributed by atoms with van der Waals surface area (Å²) in [5.41, 5.74) is 1.43. The third kappa shape index (κ3) is 3.60. The minimum Gasteiger partial charge on any atom is -0.337 e. The zero-order valence-corrected chi connectivity index (χ0v) is 15.9. The van der Waals surface area contributed by atoms with E-state index in [1.54, 1.807) is 0 Å². The van der Waals surface area contributed by atoms with E-state index in [1.807, 2.05) is 35.4 Å². The number of rotatable bonds is 5. The van der Waals surface area contributed by atoms with Gasteiger partial charge in [-0.05, 0) is 33.0 Å². The number of piperidine rings is 1. The van der Waals surface area contributed by atoms with Crippen molar-refractivity contribution in [3.63, 3.8) is 0 Å². The number of aromatic amines is 1. The number of fused-ring (bicyclic) bond motifs is 1. The van der Waals surface area contributed by atoms with E-state index in [4.69, 9.17) is 0 Å². The third-order valence-corrected chi connectivity index (χ3v) is 5.36. The van der Waals surface area contributed by atoms with Crippen LogP contribution in [0.2, 0.25) is 0 Å². The highest BCUT2D eigenvalue weighted by Gasteiger charge is 2.28. The highest BCUT2D eigenvalue weighted by molar-refractivity contribution is 6.04. The summed E-state index contributed by atoms with van der Waals surface area (Å²) >= 11 is 0. The van der Waals surface area contributed by atoms with Crippen molar-refractivity contribution in [2.45, 2.75) is 25.3 Å². The SMILES string of the molecule is CN(C)CCn1ccnc1C1CCN(C(=O)c2n[nH]c3ccccc23)CC1. The molecule has 1 N–H and O–H groups in total. The summed E-state index contributed by atoms with van der Waals surface area (Å²) in [5, 5.41) is 8.10. The van der Waals surface area contributed by atoms with Gasteiger partial charge in [0, 0.05) is 49.9 Å². The Morgan fingerprint density at radius 3 is 2.81 bits per heavy atom. The fourth-order valence-electron chi connectivity index (χ4n) is 3.79. The van der Waals surface area contributed by atoms with Gasteiger partial charge >= 0.3 is 0 Å². The molecule has 0 aliphatic carbocycles. The van der Waals surface area contributed by atoms with Crippen molar-refractivity contribution in [2.24, 2.45) is 0 Å². The van der Waals surface area contributed by atoms with Crippen LogP contribution in [0.25, 0.3) is 10.9 Å². The second-order valence-electron chi connectivity index (χ2n) is 7.47. The van der Waals surface area contributed by atoms with Crippen LogP contribution in [0, 0.1) is 0 Å². The van der Waals surface area contributed by atoms with Crippen LogP contribution in [0.15, 0.2) is 36.7 Å². The number of amides is 1. The minimum atomic E-state index is 0.0156. The summed E-state index contributed by atoms with van der Waals surface area (Å²) < 4.78 is 2.25. The van der Waals surface area contributed by atoms with Gasteiger partial charge in [-0.3, -0.25) is 9.89 Å². The monoisotopic (exact) mass is 366 g/mol. The first-order chi connectivity index (χ1) is 13.1. The lowest BCUT2D eigenvalue weighted by Crippen LogP contribution is -2.38. The maximum Gasteiger partial charge on any atom is 0.274 e. The van der Waals surface area contributed by atoms with E-state index in [0.717, 1.165) is 55.7 Å². The molecule has 3 heterocycles. The van der Waals surface area contributed by atoms with Gasteiger partial charge in [-0.2, -0.15) is 5.10 Å². The number of likely N-dealkylation sites (tertiary alicyclic amines) is 1. The van der Waals surface area contributed by atoms with E-state index >= 15 is 0 Å². The number of para-hydroxylation sites is 1. The molecule has 7 nitrogen and oxygen atoms in total. The zero-order chi connectivity index (χ0) is 18.8. The van der Waals surface area contributed by atoms with Gasteiger partial charge in [0.1, 0.15) is 5.82 Å². The normalized spacial score (nSPS) is 15.7. The molecule has 0 radical (unpaired) electrons. The van der Waals surface area contributed by atoms with Crippen LogP contribution < -0.4 is 0 Å². The molecular weight excluding hydrogens is 340 g/mol. The molecule has 1 saturated heterocycles. The topological polar surface area (TPSA) is 70.1 Å². The number of imidazole rings is 1. The zero-order valence-electron chi connectivity index (χ0n) is 15.9. The number of nitrogens with zero attached hydrogens (tertiary/aromatic N) is 5. The number of nitrogens with one attached hydrogen (secondary N) is 1. The number of hydrogen-bond acceptors (Lipinski definition) is 4. The Kier molecular flexibility index (Phi) is 4.94. The predicted molar refractivity (Wildman–Crippen MR) is 105 cm³/mol. The van der Waals surface area contributed by atoms with Crippen LogP contribution in [-0.2, 0) is 6.54 Å². The number of H-pyrrole nitrogens is 1. The molecule has 0 spiro atoms. The summed E-state index contributed by atoms with van der Waals surface area (Å²) in [6.45, 7) is 3.42. The number of aromatic nitrogens is 4. The van der Waals surface area contributed by atoms with Crippen molar-refractivity contribution in [1.29, 1.82) is 0 Å². The smallest absolute Gasteiger partial charge is 0.274 e.